The van der Waals surface area contributed by atoms with Crippen LogP contribution in [0.5, 0.6) is 0 Å². The molecule has 0 bridgehead atoms. The summed E-state index contributed by atoms with van der Waals surface area (Å²) >= 11 is 0. The Morgan fingerprint density at radius 1 is 1.20 bits per heavy atom. The minimum absolute atomic E-state index is 0.277. The van der Waals surface area contributed by atoms with E-state index in [2.05, 4.69) is 26.0 Å². The fourth-order valence-corrected chi connectivity index (χ4v) is 2.66. The Bertz CT molecular complexity index is 353. The summed E-state index contributed by atoms with van der Waals surface area (Å²) in [6.45, 7) is 4.33. The molecule has 1 unspecified atom stereocenters. The van der Waals surface area contributed by atoms with Crippen LogP contribution in [0.4, 0.5) is 0 Å². The van der Waals surface area contributed by atoms with Crippen molar-refractivity contribution in [3.05, 3.63) is 34.4 Å². The monoisotopic (exact) mass is 203 g/mol. The molecule has 0 spiro atoms. The molecule has 0 radical (unpaired) electrons. The number of hydrogen-bond acceptors (Lipinski definition) is 1. The largest absolute Gasteiger partial charge is 0.328 e. The quantitative estimate of drug-likeness (QED) is 0.786. The average Bonchev–Trinajstić information content (AvgIpc) is 2.22. The second kappa shape index (κ2) is 4.36. The molecule has 0 saturated heterocycles. The molecule has 0 fully saturated rings. The molecule has 82 valence electrons. The summed E-state index contributed by atoms with van der Waals surface area (Å²) < 4.78 is 0. The van der Waals surface area contributed by atoms with Crippen LogP contribution in [0.25, 0.3) is 0 Å². The van der Waals surface area contributed by atoms with Crippen LogP contribution >= 0.6 is 0 Å². The van der Waals surface area contributed by atoms with E-state index in [0.29, 0.717) is 0 Å². The fraction of sp³-hybridized carbons (Fsp3) is 0.571. The summed E-state index contributed by atoms with van der Waals surface area (Å²) in [7, 11) is 0. The molecule has 1 aliphatic carbocycles. The molecule has 1 aliphatic rings. The van der Waals surface area contributed by atoms with Crippen molar-refractivity contribution in [2.24, 2.45) is 5.73 Å². The van der Waals surface area contributed by atoms with Gasteiger partial charge in [-0.15, -0.1) is 0 Å². The minimum Gasteiger partial charge on any atom is -0.328 e. The lowest BCUT2D eigenvalue weighted by molar-refractivity contribution is 0.661. The van der Waals surface area contributed by atoms with E-state index in [1.807, 2.05) is 0 Å². The Hall–Kier alpha value is -0.820. The normalized spacial score (nSPS) is 17.3. The van der Waals surface area contributed by atoms with Gasteiger partial charge in [-0.25, -0.2) is 0 Å². The first-order valence-corrected chi connectivity index (χ1v) is 6.04. The van der Waals surface area contributed by atoms with Gasteiger partial charge in [0.2, 0.25) is 0 Å². The van der Waals surface area contributed by atoms with Gasteiger partial charge in [-0.05, 0) is 68.2 Å². The van der Waals surface area contributed by atoms with Crippen LogP contribution in [0.3, 0.4) is 0 Å². The molecule has 0 aromatic heterocycles. The van der Waals surface area contributed by atoms with Crippen LogP contribution in [0.1, 0.15) is 42.0 Å². The van der Waals surface area contributed by atoms with Crippen molar-refractivity contribution in [3.63, 3.8) is 0 Å². The van der Waals surface area contributed by atoms with E-state index >= 15 is 0 Å². The Morgan fingerprint density at radius 3 is 2.53 bits per heavy atom. The summed E-state index contributed by atoms with van der Waals surface area (Å²) in [5.41, 5.74) is 12.1. The van der Waals surface area contributed by atoms with E-state index in [0.717, 1.165) is 6.42 Å². The lowest BCUT2D eigenvalue weighted by Gasteiger charge is -2.22. The zero-order chi connectivity index (χ0) is 10.8. The molecule has 15 heavy (non-hydrogen) atoms. The summed E-state index contributed by atoms with van der Waals surface area (Å²) in [5.74, 6) is 0. The second-order valence-electron chi connectivity index (χ2n) is 4.89. The standard InChI is InChI=1S/C14H21N/c1-10-7-8-12(9-11(2)15)14-6-4-3-5-13(10)14/h7-8,11H,3-6,9,15H2,1-2H3. The van der Waals surface area contributed by atoms with Gasteiger partial charge in [0.1, 0.15) is 0 Å². The molecule has 0 heterocycles. The number of benzene rings is 1. The molecular weight excluding hydrogens is 182 g/mol. The minimum atomic E-state index is 0.277. The van der Waals surface area contributed by atoms with Crippen molar-refractivity contribution >= 4 is 0 Å². The Kier molecular flexibility index (Phi) is 3.11. The molecule has 2 rings (SSSR count). The Balaban J connectivity index is 2.39. The average molecular weight is 203 g/mol. The SMILES string of the molecule is Cc1ccc(CC(C)N)c2c1CCCC2. The van der Waals surface area contributed by atoms with Gasteiger partial charge in [-0.1, -0.05) is 12.1 Å². The Labute approximate surface area is 92.7 Å². The first kappa shape index (κ1) is 10.7. The van der Waals surface area contributed by atoms with E-state index in [-0.39, 0.29) is 6.04 Å². The van der Waals surface area contributed by atoms with Gasteiger partial charge in [-0.2, -0.15) is 0 Å². The van der Waals surface area contributed by atoms with Crippen LogP contribution in [0.2, 0.25) is 0 Å². The van der Waals surface area contributed by atoms with Gasteiger partial charge >= 0.3 is 0 Å². The third-order valence-electron chi connectivity index (χ3n) is 3.41. The molecule has 1 aromatic carbocycles. The number of fused-ring (bicyclic) bond motifs is 1. The second-order valence-corrected chi connectivity index (χ2v) is 4.89. The van der Waals surface area contributed by atoms with Crippen molar-refractivity contribution in [3.8, 4) is 0 Å². The maximum absolute atomic E-state index is 5.90. The van der Waals surface area contributed by atoms with Gasteiger partial charge in [0, 0.05) is 6.04 Å². The summed E-state index contributed by atoms with van der Waals surface area (Å²) in [4.78, 5) is 0. The summed E-state index contributed by atoms with van der Waals surface area (Å²) in [6.07, 6.45) is 6.27. The third kappa shape index (κ3) is 2.23. The summed E-state index contributed by atoms with van der Waals surface area (Å²) in [6, 6.07) is 4.82. The van der Waals surface area contributed by atoms with E-state index < -0.39 is 0 Å². The molecule has 0 amide bonds. The first-order valence-electron chi connectivity index (χ1n) is 6.04. The smallest absolute Gasteiger partial charge is 0.00510 e. The van der Waals surface area contributed by atoms with Gasteiger partial charge in [0.15, 0.2) is 0 Å². The van der Waals surface area contributed by atoms with Gasteiger partial charge in [0.05, 0.1) is 0 Å². The zero-order valence-electron chi connectivity index (χ0n) is 9.84. The Morgan fingerprint density at radius 2 is 1.87 bits per heavy atom. The number of hydrogen-bond donors (Lipinski definition) is 1. The highest BCUT2D eigenvalue weighted by Crippen LogP contribution is 2.27. The van der Waals surface area contributed by atoms with Crippen molar-refractivity contribution in [1.82, 2.24) is 0 Å². The topological polar surface area (TPSA) is 26.0 Å². The highest BCUT2D eigenvalue weighted by atomic mass is 14.6. The van der Waals surface area contributed by atoms with Crippen molar-refractivity contribution in [1.29, 1.82) is 0 Å². The maximum Gasteiger partial charge on any atom is 0.00510 e. The van der Waals surface area contributed by atoms with E-state index in [4.69, 9.17) is 5.73 Å². The van der Waals surface area contributed by atoms with Crippen LogP contribution in [-0.2, 0) is 19.3 Å². The fourth-order valence-electron chi connectivity index (χ4n) is 2.66. The van der Waals surface area contributed by atoms with Crippen LogP contribution in [-0.4, -0.2) is 6.04 Å². The van der Waals surface area contributed by atoms with Crippen LogP contribution in [0.15, 0.2) is 12.1 Å². The molecule has 1 heteroatoms. The third-order valence-corrected chi connectivity index (χ3v) is 3.41. The zero-order valence-corrected chi connectivity index (χ0v) is 9.84. The van der Waals surface area contributed by atoms with Crippen molar-refractivity contribution in [2.45, 2.75) is 52.0 Å². The maximum atomic E-state index is 5.90. The van der Waals surface area contributed by atoms with Gasteiger partial charge in [-0.3, -0.25) is 0 Å². The summed E-state index contributed by atoms with van der Waals surface area (Å²) in [5, 5.41) is 0. The molecule has 1 aromatic rings. The highest BCUT2D eigenvalue weighted by Gasteiger charge is 2.15. The molecule has 0 aliphatic heterocycles. The molecule has 0 saturated carbocycles. The predicted octanol–water partition coefficient (Wildman–Crippen LogP) is 2.76. The van der Waals surface area contributed by atoms with Crippen LogP contribution < -0.4 is 5.73 Å². The molecular formula is C14H21N. The first-order chi connectivity index (χ1) is 7.18. The van der Waals surface area contributed by atoms with Crippen molar-refractivity contribution in [2.75, 3.05) is 0 Å². The predicted molar refractivity (Wildman–Crippen MR) is 65.2 cm³/mol. The lowest BCUT2D eigenvalue weighted by atomic mass is 9.84. The van der Waals surface area contributed by atoms with E-state index in [1.165, 1.54) is 36.8 Å². The van der Waals surface area contributed by atoms with Crippen LogP contribution in [0, 0.1) is 6.92 Å². The molecule has 1 atom stereocenters. The number of rotatable bonds is 2. The van der Waals surface area contributed by atoms with Gasteiger partial charge in [0.25, 0.3) is 0 Å². The van der Waals surface area contributed by atoms with E-state index in [9.17, 15) is 0 Å². The molecule has 1 nitrogen and oxygen atoms in total. The molecule has 2 N–H and O–H groups in total. The highest BCUT2D eigenvalue weighted by molar-refractivity contribution is 5.42. The number of nitrogens with two attached hydrogens (primary N) is 1. The number of aryl methyl sites for hydroxylation is 1. The lowest BCUT2D eigenvalue weighted by Crippen LogP contribution is -2.20. The van der Waals surface area contributed by atoms with E-state index in [1.54, 1.807) is 11.1 Å². The van der Waals surface area contributed by atoms with Crippen molar-refractivity contribution < 1.29 is 0 Å². The van der Waals surface area contributed by atoms with Gasteiger partial charge < -0.3 is 5.73 Å².